The maximum atomic E-state index is 12.6. The topological polar surface area (TPSA) is 86.4 Å². The van der Waals surface area contributed by atoms with Crippen molar-refractivity contribution >= 4 is 27.8 Å². The molecule has 3 aromatic rings. The standard InChI is InChI=1S/C19H18BrN3O4/c1-26-18(24)11-16(13-4-2-5-14(20)10-13)22-19(25)17-7-6-15(27-17)12-23-9-3-8-21-23/h2-10,16H,11-12H2,1H3,(H,22,25). The minimum absolute atomic E-state index is 0.0134. The van der Waals surface area contributed by atoms with E-state index in [-0.39, 0.29) is 12.2 Å². The number of hydrogen-bond donors (Lipinski definition) is 1. The second-order valence-electron chi connectivity index (χ2n) is 5.83. The van der Waals surface area contributed by atoms with Gasteiger partial charge in [-0.25, -0.2) is 0 Å². The molecule has 1 aromatic carbocycles. The number of amides is 1. The second kappa shape index (κ2) is 8.68. The van der Waals surface area contributed by atoms with Crippen LogP contribution in [0.25, 0.3) is 0 Å². The van der Waals surface area contributed by atoms with Crippen LogP contribution in [-0.2, 0) is 16.1 Å². The monoisotopic (exact) mass is 431 g/mol. The second-order valence-corrected chi connectivity index (χ2v) is 6.75. The van der Waals surface area contributed by atoms with Crippen molar-refractivity contribution in [2.24, 2.45) is 0 Å². The van der Waals surface area contributed by atoms with E-state index >= 15 is 0 Å². The summed E-state index contributed by atoms with van der Waals surface area (Å²) < 4.78 is 12.9. The Labute approximate surface area is 164 Å². The van der Waals surface area contributed by atoms with Crippen LogP contribution in [0, 0.1) is 0 Å². The van der Waals surface area contributed by atoms with Crippen LogP contribution in [0.3, 0.4) is 0 Å². The lowest BCUT2D eigenvalue weighted by atomic mass is 10.0. The lowest BCUT2D eigenvalue weighted by Gasteiger charge is -2.18. The normalized spacial score (nSPS) is 11.8. The molecule has 0 saturated heterocycles. The van der Waals surface area contributed by atoms with Crippen LogP contribution in [0.15, 0.2) is 63.7 Å². The summed E-state index contributed by atoms with van der Waals surface area (Å²) in [6.07, 6.45) is 3.49. The van der Waals surface area contributed by atoms with Gasteiger partial charge in [0.25, 0.3) is 5.91 Å². The summed E-state index contributed by atoms with van der Waals surface area (Å²) in [5, 5.41) is 6.94. The van der Waals surface area contributed by atoms with E-state index in [0.29, 0.717) is 12.3 Å². The first-order valence-corrected chi connectivity index (χ1v) is 9.03. The first-order chi connectivity index (χ1) is 13.0. The number of hydrogen-bond acceptors (Lipinski definition) is 5. The van der Waals surface area contributed by atoms with Crippen LogP contribution >= 0.6 is 15.9 Å². The summed E-state index contributed by atoms with van der Waals surface area (Å²) in [5.74, 6) is -0.0486. The fraction of sp³-hybridized carbons (Fsp3) is 0.211. The molecule has 1 N–H and O–H groups in total. The molecule has 27 heavy (non-hydrogen) atoms. The molecule has 1 unspecified atom stereocenters. The number of benzene rings is 1. The summed E-state index contributed by atoms with van der Waals surface area (Å²) in [6, 6.07) is 12.0. The zero-order valence-electron chi connectivity index (χ0n) is 14.6. The number of nitrogens with one attached hydrogen (secondary N) is 1. The molecule has 0 bridgehead atoms. The van der Waals surface area contributed by atoms with Crippen molar-refractivity contribution in [1.29, 1.82) is 0 Å². The predicted octanol–water partition coefficient (Wildman–Crippen LogP) is 3.32. The molecular formula is C19H18BrN3O4. The Hall–Kier alpha value is -2.87. The zero-order valence-corrected chi connectivity index (χ0v) is 16.2. The summed E-state index contributed by atoms with van der Waals surface area (Å²) in [4.78, 5) is 24.4. The highest BCUT2D eigenvalue weighted by molar-refractivity contribution is 9.10. The number of ether oxygens (including phenoxy) is 1. The predicted molar refractivity (Wildman–Crippen MR) is 101 cm³/mol. The fourth-order valence-electron chi connectivity index (χ4n) is 2.59. The maximum absolute atomic E-state index is 12.6. The molecule has 0 aliphatic carbocycles. The largest absolute Gasteiger partial charge is 0.469 e. The first kappa shape index (κ1) is 18.9. The molecule has 2 heterocycles. The number of esters is 1. The lowest BCUT2D eigenvalue weighted by Crippen LogP contribution is -2.30. The third-order valence-electron chi connectivity index (χ3n) is 3.92. The van der Waals surface area contributed by atoms with Crippen molar-refractivity contribution in [3.8, 4) is 0 Å². The van der Waals surface area contributed by atoms with Crippen molar-refractivity contribution < 1.29 is 18.7 Å². The van der Waals surface area contributed by atoms with Gasteiger partial charge < -0.3 is 14.5 Å². The molecule has 3 rings (SSSR count). The van der Waals surface area contributed by atoms with Gasteiger partial charge in [-0.15, -0.1) is 0 Å². The highest BCUT2D eigenvalue weighted by Gasteiger charge is 2.21. The Bertz CT molecular complexity index is 921. The Balaban J connectivity index is 1.73. The van der Waals surface area contributed by atoms with Gasteiger partial charge in [0.2, 0.25) is 0 Å². The quantitative estimate of drug-likeness (QED) is 0.579. The number of carbonyl (C=O) groups excluding carboxylic acids is 2. The summed E-state index contributed by atoms with van der Waals surface area (Å²) >= 11 is 3.40. The van der Waals surface area contributed by atoms with Crippen LogP contribution < -0.4 is 5.32 Å². The fourth-order valence-corrected chi connectivity index (χ4v) is 3.01. The number of methoxy groups -OCH3 is 1. The highest BCUT2D eigenvalue weighted by atomic mass is 79.9. The van der Waals surface area contributed by atoms with E-state index in [1.165, 1.54) is 7.11 Å². The molecule has 8 heteroatoms. The van der Waals surface area contributed by atoms with Gasteiger partial charge in [-0.05, 0) is 35.9 Å². The molecule has 0 fully saturated rings. The van der Waals surface area contributed by atoms with Crippen LogP contribution in [0.4, 0.5) is 0 Å². The number of nitrogens with zero attached hydrogens (tertiary/aromatic N) is 2. The smallest absolute Gasteiger partial charge is 0.307 e. The minimum atomic E-state index is -0.540. The van der Waals surface area contributed by atoms with Gasteiger partial charge in [0.15, 0.2) is 5.76 Å². The molecular weight excluding hydrogens is 414 g/mol. The Morgan fingerprint density at radius 1 is 1.30 bits per heavy atom. The SMILES string of the molecule is COC(=O)CC(NC(=O)c1ccc(Cn2cccn2)o1)c1cccc(Br)c1. The van der Waals surface area contributed by atoms with Gasteiger partial charge in [-0.2, -0.15) is 5.10 Å². The lowest BCUT2D eigenvalue weighted by molar-refractivity contribution is -0.141. The van der Waals surface area contributed by atoms with Crippen LogP contribution in [0.1, 0.15) is 34.3 Å². The third kappa shape index (κ3) is 5.07. The van der Waals surface area contributed by atoms with Crippen molar-refractivity contribution in [2.75, 3.05) is 7.11 Å². The van der Waals surface area contributed by atoms with E-state index in [2.05, 4.69) is 26.3 Å². The van der Waals surface area contributed by atoms with E-state index < -0.39 is 17.9 Å². The summed E-state index contributed by atoms with van der Waals surface area (Å²) in [6.45, 7) is 0.428. The van der Waals surface area contributed by atoms with E-state index in [0.717, 1.165) is 10.0 Å². The molecule has 0 aliphatic heterocycles. The van der Waals surface area contributed by atoms with Gasteiger partial charge >= 0.3 is 5.97 Å². The average molecular weight is 432 g/mol. The van der Waals surface area contributed by atoms with Gasteiger partial charge in [0.1, 0.15) is 5.76 Å². The zero-order chi connectivity index (χ0) is 19.2. The minimum Gasteiger partial charge on any atom is -0.469 e. The number of halogens is 1. The van der Waals surface area contributed by atoms with Gasteiger partial charge in [0, 0.05) is 16.9 Å². The van der Waals surface area contributed by atoms with E-state index in [4.69, 9.17) is 9.15 Å². The molecule has 1 amide bonds. The van der Waals surface area contributed by atoms with Gasteiger partial charge in [-0.3, -0.25) is 14.3 Å². The molecule has 0 spiro atoms. The van der Waals surface area contributed by atoms with Crippen molar-refractivity contribution in [3.05, 3.63) is 76.4 Å². The van der Waals surface area contributed by atoms with Crippen LogP contribution in [0.2, 0.25) is 0 Å². The molecule has 2 aromatic heterocycles. The number of rotatable bonds is 7. The van der Waals surface area contributed by atoms with E-state index in [9.17, 15) is 9.59 Å². The van der Waals surface area contributed by atoms with Crippen LogP contribution in [-0.4, -0.2) is 28.8 Å². The Morgan fingerprint density at radius 3 is 2.85 bits per heavy atom. The number of carbonyl (C=O) groups is 2. The molecule has 7 nitrogen and oxygen atoms in total. The Kier molecular flexibility index (Phi) is 6.08. The highest BCUT2D eigenvalue weighted by Crippen LogP contribution is 2.22. The first-order valence-electron chi connectivity index (χ1n) is 8.24. The van der Waals surface area contributed by atoms with E-state index in [1.807, 2.05) is 36.5 Å². The molecule has 0 aliphatic rings. The van der Waals surface area contributed by atoms with Gasteiger partial charge in [-0.1, -0.05) is 28.1 Å². The Morgan fingerprint density at radius 2 is 2.15 bits per heavy atom. The molecule has 0 radical (unpaired) electrons. The summed E-state index contributed by atoms with van der Waals surface area (Å²) in [7, 11) is 1.32. The molecule has 140 valence electrons. The molecule has 1 atom stereocenters. The number of furan rings is 1. The van der Waals surface area contributed by atoms with Crippen LogP contribution in [0.5, 0.6) is 0 Å². The average Bonchev–Trinajstić information content (AvgIpc) is 3.33. The van der Waals surface area contributed by atoms with Gasteiger partial charge in [0.05, 0.1) is 26.1 Å². The third-order valence-corrected chi connectivity index (χ3v) is 4.41. The summed E-state index contributed by atoms with van der Waals surface area (Å²) in [5.41, 5.74) is 0.784. The van der Waals surface area contributed by atoms with Crippen molar-refractivity contribution in [3.63, 3.8) is 0 Å². The number of aromatic nitrogens is 2. The van der Waals surface area contributed by atoms with E-state index in [1.54, 1.807) is 23.0 Å². The molecule has 0 saturated carbocycles. The van der Waals surface area contributed by atoms with Crippen molar-refractivity contribution in [2.45, 2.75) is 19.0 Å². The maximum Gasteiger partial charge on any atom is 0.307 e. The van der Waals surface area contributed by atoms with Crippen molar-refractivity contribution in [1.82, 2.24) is 15.1 Å².